The summed E-state index contributed by atoms with van der Waals surface area (Å²) in [5.74, 6) is -0.199. The van der Waals surface area contributed by atoms with E-state index in [1.807, 2.05) is 30.5 Å². The second-order valence-electron chi connectivity index (χ2n) is 5.47. The molecule has 0 saturated heterocycles. The van der Waals surface area contributed by atoms with Gasteiger partial charge in [-0.1, -0.05) is 12.1 Å². The lowest BCUT2D eigenvalue weighted by Gasteiger charge is -2.11. The maximum Gasteiger partial charge on any atom is 0.223 e. The van der Waals surface area contributed by atoms with Crippen LogP contribution in [0.3, 0.4) is 0 Å². The Kier molecular flexibility index (Phi) is 3.46. The van der Waals surface area contributed by atoms with Crippen LogP contribution < -0.4 is 11.1 Å². The second-order valence-corrected chi connectivity index (χ2v) is 5.47. The van der Waals surface area contributed by atoms with E-state index in [1.165, 1.54) is 0 Å². The van der Waals surface area contributed by atoms with Gasteiger partial charge in [-0.05, 0) is 30.5 Å². The molecule has 0 aliphatic heterocycles. The molecule has 0 bridgehead atoms. The van der Waals surface area contributed by atoms with Gasteiger partial charge in [0.2, 0.25) is 5.91 Å². The first-order chi connectivity index (χ1) is 9.65. The van der Waals surface area contributed by atoms with Crippen molar-refractivity contribution < 1.29 is 9.90 Å². The van der Waals surface area contributed by atoms with Crippen LogP contribution >= 0.6 is 0 Å². The minimum Gasteiger partial charge on any atom is -0.391 e. The lowest BCUT2D eigenvalue weighted by Crippen LogP contribution is -2.30. The molecule has 3 atom stereocenters. The molecule has 1 amide bonds. The van der Waals surface area contributed by atoms with Crippen LogP contribution in [0.1, 0.15) is 18.4 Å². The number of aliphatic hydroxyl groups is 1. The molecular weight excluding hydrogens is 254 g/mol. The number of nitrogens with two attached hydrogens (primary N) is 1. The molecule has 0 radical (unpaired) electrons. The Hall–Kier alpha value is -1.85. The van der Waals surface area contributed by atoms with Crippen molar-refractivity contribution in [2.24, 2.45) is 11.7 Å². The monoisotopic (exact) mass is 273 g/mol. The summed E-state index contributed by atoms with van der Waals surface area (Å²) in [7, 11) is 0. The number of aromatic nitrogens is 1. The molecule has 3 rings (SSSR count). The quantitative estimate of drug-likeness (QED) is 0.669. The molecule has 20 heavy (non-hydrogen) atoms. The number of nitrogens with one attached hydrogen (secondary N) is 2. The van der Waals surface area contributed by atoms with Crippen molar-refractivity contribution in [3.63, 3.8) is 0 Å². The van der Waals surface area contributed by atoms with Gasteiger partial charge in [0.05, 0.1) is 6.10 Å². The summed E-state index contributed by atoms with van der Waals surface area (Å²) in [5.41, 5.74) is 7.89. The minimum absolute atomic E-state index is 0.0236. The van der Waals surface area contributed by atoms with Gasteiger partial charge in [0.1, 0.15) is 0 Å². The Balaban J connectivity index is 1.65. The number of fused-ring (bicyclic) bond motifs is 1. The Labute approximate surface area is 117 Å². The smallest absolute Gasteiger partial charge is 0.223 e. The number of benzene rings is 1. The van der Waals surface area contributed by atoms with Crippen LogP contribution in [0.4, 0.5) is 0 Å². The maximum atomic E-state index is 12.1. The highest BCUT2D eigenvalue weighted by atomic mass is 16.3. The average Bonchev–Trinajstić information content (AvgIpc) is 3.03. The first-order valence-electron chi connectivity index (χ1n) is 6.91. The van der Waals surface area contributed by atoms with Crippen molar-refractivity contribution in [1.29, 1.82) is 0 Å². The molecule has 1 aromatic carbocycles. The topological polar surface area (TPSA) is 91.1 Å². The van der Waals surface area contributed by atoms with Crippen LogP contribution in [0.2, 0.25) is 0 Å². The molecule has 1 aliphatic rings. The fourth-order valence-electron chi connectivity index (χ4n) is 2.89. The van der Waals surface area contributed by atoms with Gasteiger partial charge in [0.15, 0.2) is 0 Å². The van der Waals surface area contributed by atoms with Gasteiger partial charge in [-0.25, -0.2) is 0 Å². The number of amides is 1. The Bertz CT molecular complexity index is 612. The summed E-state index contributed by atoms with van der Waals surface area (Å²) in [6, 6.07) is 7.71. The van der Waals surface area contributed by atoms with E-state index >= 15 is 0 Å². The Morgan fingerprint density at radius 1 is 1.40 bits per heavy atom. The van der Waals surface area contributed by atoms with Crippen LogP contribution in [0.5, 0.6) is 0 Å². The number of carbonyl (C=O) groups excluding carboxylic acids is 1. The zero-order chi connectivity index (χ0) is 14.1. The third kappa shape index (κ3) is 2.42. The molecule has 1 fully saturated rings. The molecular formula is C15H19N3O2. The van der Waals surface area contributed by atoms with Crippen molar-refractivity contribution in [1.82, 2.24) is 10.3 Å². The summed E-state index contributed by atoms with van der Waals surface area (Å²) < 4.78 is 0. The predicted octanol–water partition coefficient (Wildman–Crippen LogP) is 0.882. The molecule has 5 N–H and O–H groups in total. The SMILES string of the molecule is N[C@@H]1C[C@H](C(=O)NCc2cccc3[nH]ccc23)C[C@H]1O. The molecule has 106 valence electrons. The largest absolute Gasteiger partial charge is 0.391 e. The van der Waals surface area contributed by atoms with E-state index in [0.717, 1.165) is 16.5 Å². The Morgan fingerprint density at radius 3 is 3.00 bits per heavy atom. The van der Waals surface area contributed by atoms with Crippen LogP contribution in [0, 0.1) is 5.92 Å². The first kappa shape index (κ1) is 13.1. The normalized spacial score (nSPS) is 26.0. The van der Waals surface area contributed by atoms with E-state index in [2.05, 4.69) is 10.3 Å². The van der Waals surface area contributed by atoms with Gasteiger partial charge < -0.3 is 21.1 Å². The molecule has 2 aromatic rings. The van der Waals surface area contributed by atoms with Gasteiger partial charge in [-0.3, -0.25) is 4.79 Å². The highest BCUT2D eigenvalue weighted by Crippen LogP contribution is 2.25. The molecule has 1 aliphatic carbocycles. The summed E-state index contributed by atoms with van der Waals surface area (Å²) in [6.07, 6.45) is 2.35. The van der Waals surface area contributed by atoms with Gasteiger partial charge in [0.25, 0.3) is 0 Å². The van der Waals surface area contributed by atoms with E-state index in [1.54, 1.807) is 0 Å². The number of carbonyl (C=O) groups is 1. The maximum absolute atomic E-state index is 12.1. The first-order valence-corrected chi connectivity index (χ1v) is 6.91. The van der Waals surface area contributed by atoms with Gasteiger partial charge in [0, 0.05) is 35.6 Å². The summed E-state index contributed by atoms with van der Waals surface area (Å²) in [5, 5.41) is 13.7. The Morgan fingerprint density at radius 2 is 2.25 bits per heavy atom. The highest BCUT2D eigenvalue weighted by Gasteiger charge is 2.34. The van der Waals surface area contributed by atoms with E-state index < -0.39 is 6.10 Å². The molecule has 1 heterocycles. The summed E-state index contributed by atoms with van der Waals surface area (Å²) in [6.45, 7) is 0.496. The zero-order valence-corrected chi connectivity index (χ0v) is 11.2. The lowest BCUT2D eigenvalue weighted by atomic mass is 10.1. The number of hydrogen-bond donors (Lipinski definition) is 4. The molecule has 5 nitrogen and oxygen atoms in total. The minimum atomic E-state index is -0.557. The predicted molar refractivity (Wildman–Crippen MR) is 76.9 cm³/mol. The summed E-state index contributed by atoms with van der Waals surface area (Å²) >= 11 is 0. The molecule has 5 heteroatoms. The average molecular weight is 273 g/mol. The van der Waals surface area contributed by atoms with E-state index in [-0.39, 0.29) is 17.9 Å². The third-order valence-corrected chi connectivity index (χ3v) is 4.09. The molecule has 0 unspecified atom stereocenters. The van der Waals surface area contributed by atoms with E-state index in [4.69, 9.17) is 5.73 Å². The van der Waals surface area contributed by atoms with E-state index in [9.17, 15) is 9.90 Å². The fraction of sp³-hybridized carbons (Fsp3) is 0.400. The number of H-pyrrole nitrogens is 1. The second kappa shape index (κ2) is 5.26. The van der Waals surface area contributed by atoms with Crippen molar-refractivity contribution in [2.45, 2.75) is 31.5 Å². The number of hydrogen-bond acceptors (Lipinski definition) is 3. The van der Waals surface area contributed by atoms with Crippen LogP contribution in [-0.2, 0) is 11.3 Å². The standard InChI is InChI=1S/C15H19N3O2/c16-12-6-10(7-14(12)19)15(20)18-8-9-2-1-3-13-11(9)4-5-17-13/h1-5,10,12,14,17,19H,6-8,16H2,(H,18,20)/t10-,12+,14+/m0/s1. The van der Waals surface area contributed by atoms with Gasteiger partial charge in [-0.2, -0.15) is 0 Å². The van der Waals surface area contributed by atoms with Crippen LogP contribution in [-0.4, -0.2) is 28.1 Å². The molecule has 1 saturated carbocycles. The highest BCUT2D eigenvalue weighted by molar-refractivity contribution is 5.84. The zero-order valence-electron chi connectivity index (χ0n) is 11.2. The summed E-state index contributed by atoms with van der Waals surface area (Å²) in [4.78, 5) is 15.3. The van der Waals surface area contributed by atoms with Crippen LogP contribution in [0.15, 0.2) is 30.5 Å². The lowest BCUT2D eigenvalue weighted by molar-refractivity contribution is -0.125. The number of aromatic amines is 1. The van der Waals surface area contributed by atoms with Crippen molar-refractivity contribution in [3.8, 4) is 0 Å². The van der Waals surface area contributed by atoms with Gasteiger partial charge in [-0.15, -0.1) is 0 Å². The number of aliphatic hydroxyl groups excluding tert-OH is 1. The molecule has 1 aromatic heterocycles. The molecule has 0 spiro atoms. The third-order valence-electron chi connectivity index (χ3n) is 4.09. The van der Waals surface area contributed by atoms with E-state index in [0.29, 0.717) is 19.4 Å². The number of rotatable bonds is 3. The van der Waals surface area contributed by atoms with Crippen molar-refractivity contribution in [3.05, 3.63) is 36.0 Å². The van der Waals surface area contributed by atoms with Gasteiger partial charge >= 0.3 is 0 Å². The fourth-order valence-corrected chi connectivity index (χ4v) is 2.89. The van der Waals surface area contributed by atoms with Crippen molar-refractivity contribution in [2.75, 3.05) is 0 Å². The van der Waals surface area contributed by atoms with Crippen LogP contribution in [0.25, 0.3) is 10.9 Å². The van der Waals surface area contributed by atoms with Crippen molar-refractivity contribution >= 4 is 16.8 Å².